The van der Waals surface area contributed by atoms with E-state index in [1.807, 2.05) is 26.2 Å². The van der Waals surface area contributed by atoms with Crippen molar-refractivity contribution < 1.29 is 57.8 Å². The lowest BCUT2D eigenvalue weighted by molar-refractivity contribution is -0.144. The number of aliphatic imine (C=N–C) groups is 1. The number of aromatic amines is 1. The molecule has 3 fully saturated rings. The number of imidazole rings is 1. The number of carbonyl (C=O) groups is 11. The SMILES string of the molecule is CSCC[C@H](NC(=O)[C@@H](N)CS)C(=O)N1CCC[C@H]1C(=O)N[C@@H](CC(C)C)C(=O)N[C@@H](Cc1cnc[nH]1)C(=O)N[C@@H](CO)C(=O)N[C@@H](CCCN=C(N)N)C(=O)N[C@H](C(=O)N1CCC[C@H]1C(=O)N[C@@H](Cc1ccccc1)C(=O)N1CCC[C@H]1C(N)=O)C(C)C. The molecule has 5 rings (SSSR count). The summed E-state index contributed by atoms with van der Waals surface area (Å²) < 4.78 is 0. The van der Waals surface area contributed by atoms with Crippen LogP contribution < -0.4 is 60.2 Å². The van der Waals surface area contributed by atoms with E-state index in [0.717, 1.165) is 5.56 Å². The van der Waals surface area contributed by atoms with Gasteiger partial charge in [-0.25, -0.2) is 4.98 Å². The Bertz CT molecular complexity index is 2780. The largest absolute Gasteiger partial charge is 0.394 e. The van der Waals surface area contributed by atoms with Crippen LogP contribution in [0.25, 0.3) is 0 Å². The molecule has 0 bridgehead atoms. The maximum Gasteiger partial charge on any atom is 0.246 e. The third kappa shape index (κ3) is 21.3. The molecule has 17 N–H and O–H groups in total. The molecular formula is C58H91N17O12S2. The summed E-state index contributed by atoms with van der Waals surface area (Å²) in [6.45, 7) is 6.63. The van der Waals surface area contributed by atoms with Crippen molar-refractivity contribution in [1.29, 1.82) is 0 Å². The Morgan fingerprint density at radius 3 is 1.74 bits per heavy atom. The van der Waals surface area contributed by atoms with Crippen molar-refractivity contribution in [3.8, 4) is 0 Å². The Morgan fingerprint density at radius 1 is 0.663 bits per heavy atom. The minimum atomic E-state index is -1.73. The zero-order valence-corrected chi connectivity index (χ0v) is 53.0. The van der Waals surface area contributed by atoms with Crippen LogP contribution in [0.4, 0.5) is 0 Å². The first-order valence-corrected chi connectivity index (χ1v) is 32.3. The third-order valence-corrected chi connectivity index (χ3v) is 16.8. The quantitative estimate of drug-likeness (QED) is 0.0142. The Hall–Kier alpha value is -7.51. The first kappa shape index (κ1) is 72.2. The molecule has 0 radical (unpaired) electrons. The fraction of sp³-hybridized carbons (Fsp3) is 0.638. The highest BCUT2D eigenvalue weighted by molar-refractivity contribution is 7.98. The Balaban J connectivity index is 1.31. The molecule has 1 aromatic carbocycles. The second kappa shape index (κ2) is 35.6. The van der Waals surface area contributed by atoms with Crippen molar-refractivity contribution in [2.45, 2.75) is 171 Å². The standard InChI is InChI=1S/C58H91N17O12S2/c1-32(2)25-39(69-53(83)44-17-11-22-74(44)55(85)38(19-24-89-5)67-48(78)36(59)30-88)50(80)68-40(27-35-28-63-31-65-35)51(81)71-42(29-76)52(82)66-37(15-9-20-64-58(61)62)49(79)72-46(33(3)4)57(87)75-23-12-18-45(75)54(84)70-41(26-34-13-7-6-8-14-34)56(86)73-21-10-16-43(73)47(60)77/h6-8,13-14,28,31-33,36-46,76,88H,9-12,15-27,29-30,59H2,1-5H3,(H2,60,77)(H,63,65)(H,66,82)(H,67,78)(H,68,80)(H,69,83)(H,70,84)(H,71,81)(H,72,79)(H4,61,62,64)/t36-,37-,38-,39-,40-,41-,42-,43-,44-,45-,46-/m0/s1. The lowest BCUT2D eigenvalue weighted by Gasteiger charge is -2.33. The van der Waals surface area contributed by atoms with Crippen molar-refractivity contribution in [3.63, 3.8) is 0 Å². The molecule has 11 atom stereocenters. The van der Waals surface area contributed by atoms with Gasteiger partial charge in [0.15, 0.2) is 5.96 Å². The summed E-state index contributed by atoms with van der Waals surface area (Å²) in [6.07, 6.45) is 7.13. The number of aliphatic hydroxyl groups is 1. The zero-order valence-electron chi connectivity index (χ0n) is 51.3. The van der Waals surface area contributed by atoms with E-state index in [9.17, 15) is 57.8 Å². The van der Waals surface area contributed by atoms with Gasteiger partial charge in [0.25, 0.3) is 0 Å². The van der Waals surface area contributed by atoms with Crippen molar-refractivity contribution >= 4 is 95.3 Å². The average molecular weight is 1280 g/mol. The van der Waals surface area contributed by atoms with Crippen molar-refractivity contribution in [2.75, 3.05) is 50.5 Å². The van der Waals surface area contributed by atoms with Crippen LogP contribution in [0.15, 0.2) is 47.8 Å². The van der Waals surface area contributed by atoms with Crippen LogP contribution in [-0.4, -0.2) is 218 Å². The summed E-state index contributed by atoms with van der Waals surface area (Å²) in [6, 6.07) is -4.09. The summed E-state index contributed by atoms with van der Waals surface area (Å²) >= 11 is 5.57. The normalized spacial score (nSPS) is 19.2. The van der Waals surface area contributed by atoms with Gasteiger partial charge in [-0.05, 0) is 93.6 Å². The monoisotopic (exact) mass is 1280 g/mol. The van der Waals surface area contributed by atoms with Crippen molar-refractivity contribution in [1.82, 2.24) is 61.9 Å². The lowest BCUT2D eigenvalue weighted by atomic mass is 10.0. The highest BCUT2D eigenvalue weighted by atomic mass is 32.2. The molecule has 3 aliphatic heterocycles. The molecule has 2 aromatic rings. The Morgan fingerprint density at radius 2 is 1.19 bits per heavy atom. The van der Waals surface area contributed by atoms with Crippen LogP contribution in [-0.2, 0) is 65.6 Å². The number of likely N-dealkylation sites (tertiary alicyclic amines) is 3. The number of primary amides is 1. The number of nitrogens with one attached hydrogen (secondary N) is 8. The molecule has 492 valence electrons. The summed E-state index contributed by atoms with van der Waals surface area (Å²) in [5.41, 5.74) is 23.8. The van der Waals surface area contributed by atoms with E-state index in [1.165, 1.54) is 39.0 Å². The van der Waals surface area contributed by atoms with E-state index in [-0.39, 0.29) is 95.2 Å². The molecule has 4 heterocycles. The number of thiol groups is 1. The van der Waals surface area contributed by atoms with Crippen LogP contribution in [0.5, 0.6) is 0 Å². The molecule has 3 aliphatic rings. The molecule has 3 saturated heterocycles. The van der Waals surface area contributed by atoms with Gasteiger partial charge in [-0.3, -0.25) is 57.7 Å². The fourth-order valence-electron chi connectivity index (χ4n) is 11.0. The molecule has 0 spiro atoms. The summed E-state index contributed by atoms with van der Waals surface area (Å²) in [7, 11) is 0. The van der Waals surface area contributed by atoms with Gasteiger partial charge in [-0.15, -0.1) is 0 Å². The highest BCUT2D eigenvalue weighted by Gasteiger charge is 2.44. The number of rotatable bonds is 34. The number of hydrogen-bond acceptors (Lipinski definition) is 17. The topological polar surface area (TPSA) is 447 Å². The van der Waals surface area contributed by atoms with Crippen LogP contribution in [0.2, 0.25) is 0 Å². The number of aliphatic hydroxyl groups excluding tert-OH is 1. The van der Waals surface area contributed by atoms with E-state index in [1.54, 1.807) is 38.1 Å². The van der Waals surface area contributed by atoms with Crippen LogP contribution in [0.1, 0.15) is 103 Å². The minimum absolute atomic E-state index is 0.0171. The molecule has 29 nitrogen and oxygen atoms in total. The molecule has 0 aliphatic carbocycles. The van der Waals surface area contributed by atoms with E-state index in [4.69, 9.17) is 22.9 Å². The van der Waals surface area contributed by atoms with Gasteiger partial charge < -0.3 is 84.9 Å². The second-order valence-electron chi connectivity index (χ2n) is 23.4. The first-order valence-electron chi connectivity index (χ1n) is 30.2. The number of thioether (sulfide) groups is 1. The summed E-state index contributed by atoms with van der Waals surface area (Å²) in [5.74, 6) is -8.11. The number of nitrogens with zero attached hydrogens (tertiary/aromatic N) is 5. The van der Waals surface area contributed by atoms with Gasteiger partial charge in [0.2, 0.25) is 65.0 Å². The molecule has 89 heavy (non-hydrogen) atoms. The van der Waals surface area contributed by atoms with Gasteiger partial charge in [-0.2, -0.15) is 24.4 Å². The smallest absolute Gasteiger partial charge is 0.246 e. The highest BCUT2D eigenvalue weighted by Crippen LogP contribution is 2.25. The lowest BCUT2D eigenvalue weighted by Crippen LogP contribution is -2.61. The number of H-pyrrole nitrogens is 1. The zero-order chi connectivity index (χ0) is 65.5. The number of hydrogen-bond donors (Lipinski definition) is 14. The van der Waals surface area contributed by atoms with E-state index in [0.29, 0.717) is 37.1 Å². The maximum absolute atomic E-state index is 14.6. The molecule has 0 unspecified atom stereocenters. The van der Waals surface area contributed by atoms with Gasteiger partial charge in [0, 0.05) is 56.7 Å². The van der Waals surface area contributed by atoms with Crippen molar-refractivity contribution in [3.05, 3.63) is 54.1 Å². The van der Waals surface area contributed by atoms with E-state index >= 15 is 0 Å². The number of benzene rings is 1. The average Bonchev–Trinajstić information content (AvgIpc) is 2.24. The van der Waals surface area contributed by atoms with Crippen LogP contribution in [0, 0.1) is 11.8 Å². The maximum atomic E-state index is 14.6. The fourth-order valence-corrected chi connectivity index (χ4v) is 11.7. The van der Waals surface area contributed by atoms with Crippen LogP contribution in [0.3, 0.4) is 0 Å². The van der Waals surface area contributed by atoms with Gasteiger partial charge in [0.05, 0.1) is 19.0 Å². The Kier molecular flexibility index (Phi) is 28.9. The first-order chi connectivity index (χ1) is 42.4. The van der Waals surface area contributed by atoms with Crippen molar-refractivity contribution in [2.24, 2.45) is 39.8 Å². The number of carbonyl (C=O) groups excluding carboxylic acids is 11. The molecule has 1 aromatic heterocycles. The molecule has 11 amide bonds. The second-order valence-corrected chi connectivity index (χ2v) is 24.7. The summed E-state index contributed by atoms with van der Waals surface area (Å²) in [5, 5.41) is 29.5. The van der Waals surface area contributed by atoms with E-state index in [2.05, 4.69) is 64.8 Å². The number of aromatic nitrogens is 2. The number of guanidine groups is 1. The van der Waals surface area contributed by atoms with Gasteiger partial charge in [-0.1, -0.05) is 58.0 Å². The van der Waals surface area contributed by atoms with Gasteiger partial charge in [0.1, 0.15) is 60.4 Å². The predicted octanol–water partition coefficient (Wildman–Crippen LogP) is -3.20. The van der Waals surface area contributed by atoms with E-state index < -0.39 is 144 Å². The third-order valence-electron chi connectivity index (χ3n) is 15.8. The number of amides is 11. The summed E-state index contributed by atoms with van der Waals surface area (Å²) in [4.78, 5) is 169. The molecular weight excluding hydrogens is 1190 g/mol. The predicted molar refractivity (Wildman–Crippen MR) is 335 cm³/mol. The minimum Gasteiger partial charge on any atom is -0.394 e. The van der Waals surface area contributed by atoms with Crippen LogP contribution >= 0.6 is 24.4 Å². The Labute approximate surface area is 528 Å². The number of nitrogens with two attached hydrogens (primary N) is 4. The molecule has 0 saturated carbocycles. The molecule has 31 heteroatoms. The van der Waals surface area contributed by atoms with Gasteiger partial charge >= 0.3 is 0 Å².